The average molecular weight is 306 g/mol. The molecule has 1 aromatic rings. The van der Waals surface area contributed by atoms with Crippen LogP contribution in [-0.4, -0.2) is 13.7 Å². The van der Waals surface area contributed by atoms with Crippen molar-refractivity contribution in [2.45, 2.75) is 43.0 Å². The Bertz CT molecular complexity index is 589. The summed E-state index contributed by atoms with van der Waals surface area (Å²) >= 11 is 0. The van der Waals surface area contributed by atoms with Crippen LogP contribution in [0, 0.1) is 0 Å². The summed E-state index contributed by atoms with van der Waals surface area (Å²) in [6, 6.07) is 3.26. The molecule has 0 saturated carbocycles. The summed E-state index contributed by atoms with van der Waals surface area (Å²) in [5, 5.41) is -0.727. The van der Waals surface area contributed by atoms with Gasteiger partial charge in [0.05, 0.1) is 15.7 Å². The van der Waals surface area contributed by atoms with Crippen molar-refractivity contribution in [3.05, 3.63) is 42.0 Å². The zero-order valence-corrected chi connectivity index (χ0v) is 12.2. The van der Waals surface area contributed by atoms with Crippen molar-refractivity contribution in [3.8, 4) is 0 Å². The Hall–Kier alpha value is -1.30. The second-order valence-electron chi connectivity index (χ2n) is 4.54. The number of alkyl halides is 3. The molecule has 0 aromatic heterocycles. The SMILES string of the molecule is C=CCc1c(C(F)(F)F)cccc1S(=O)(=O)C(C)CC. The fourth-order valence-electron chi connectivity index (χ4n) is 1.89. The lowest BCUT2D eigenvalue weighted by molar-refractivity contribution is -0.138. The van der Waals surface area contributed by atoms with Crippen LogP contribution in [0.25, 0.3) is 0 Å². The van der Waals surface area contributed by atoms with E-state index in [9.17, 15) is 21.6 Å². The molecule has 0 aliphatic heterocycles. The molecule has 1 atom stereocenters. The van der Waals surface area contributed by atoms with Crippen molar-refractivity contribution in [2.75, 3.05) is 0 Å². The lowest BCUT2D eigenvalue weighted by Gasteiger charge is -2.18. The number of allylic oxidation sites excluding steroid dienone is 1. The normalized spacial score (nSPS) is 14.1. The van der Waals surface area contributed by atoms with Gasteiger partial charge in [0.2, 0.25) is 0 Å². The largest absolute Gasteiger partial charge is 0.416 e. The highest BCUT2D eigenvalue weighted by molar-refractivity contribution is 7.92. The monoisotopic (exact) mass is 306 g/mol. The number of sulfone groups is 1. The van der Waals surface area contributed by atoms with Crippen LogP contribution in [0.3, 0.4) is 0 Å². The summed E-state index contributed by atoms with van der Waals surface area (Å²) in [5.41, 5.74) is -1.14. The Balaban J connectivity index is 3.60. The Morgan fingerprint density at radius 3 is 2.40 bits per heavy atom. The van der Waals surface area contributed by atoms with Crippen LogP contribution in [0.4, 0.5) is 13.2 Å². The van der Waals surface area contributed by atoms with E-state index in [2.05, 4.69) is 6.58 Å². The average Bonchev–Trinajstić information content (AvgIpc) is 2.36. The highest BCUT2D eigenvalue weighted by Gasteiger charge is 2.36. The van der Waals surface area contributed by atoms with Gasteiger partial charge in [-0.25, -0.2) is 8.42 Å². The second-order valence-corrected chi connectivity index (χ2v) is 6.87. The maximum absolute atomic E-state index is 13.0. The molecule has 0 saturated heterocycles. The molecule has 2 nitrogen and oxygen atoms in total. The van der Waals surface area contributed by atoms with E-state index in [4.69, 9.17) is 0 Å². The minimum Gasteiger partial charge on any atom is -0.223 e. The van der Waals surface area contributed by atoms with Gasteiger partial charge in [-0.15, -0.1) is 6.58 Å². The molecule has 1 unspecified atom stereocenters. The van der Waals surface area contributed by atoms with Crippen molar-refractivity contribution >= 4 is 9.84 Å². The molecule has 0 spiro atoms. The minimum atomic E-state index is -4.58. The highest BCUT2D eigenvalue weighted by atomic mass is 32.2. The first-order valence-corrected chi connectivity index (χ1v) is 7.74. The highest BCUT2D eigenvalue weighted by Crippen LogP contribution is 2.36. The van der Waals surface area contributed by atoms with E-state index < -0.39 is 26.8 Å². The summed E-state index contributed by atoms with van der Waals surface area (Å²) in [6.45, 7) is 6.58. The fraction of sp³-hybridized carbons (Fsp3) is 0.429. The first kappa shape index (κ1) is 16.8. The maximum Gasteiger partial charge on any atom is 0.416 e. The fourth-order valence-corrected chi connectivity index (χ4v) is 3.57. The zero-order chi connectivity index (χ0) is 15.6. The molecule has 20 heavy (non-hydrogen) atoms. The predicted molar refractivity (Wildman–Crippen MR) is 72.3 cm³/mol. The molecule has 1 rings (SSSR count). The predicted octanol–water partition coefficient (Wildman–Crippen LogP) is 4.01. The van der Waals surface area contributed by atoms with E-state index in [0.717, 1.165) is 12.1 Å². The molecular weight excluding hydrogens is 289 g/mol. The Kier molecular flexibility index (Phi) is 5.02. The van der Waals surface area contributed by atoms with E-state index >= 15 is 0 Å². The van der Waals surface area contributed by atoms with Gasteiger partial charge >= 0.3 is 6.18 Å². The molecule has 6 heteroatoms. The molecule has 0 heterocycles. The van der Waals surface area contributed by atoms with Crippen LogP contribution in [0.15, 0.2) is 35.7 Å². The van der Waals surface area contributed by atoms with Crippen molar-refractivity contribution in [3.63, 3.8) is 0 Å². The standard InChI is InChI=1S/C14H17F3O2S/c1-4-7-11-12(14(15,16)17)8-6-9-13(11)20(18,19)10(3)5-2/h4,6,8-10H,1,5,7H2,2-3H3. The van der Waals surface area contributed by atoms with E-state index in [1.807, 2.05) is 0 Å². The van der Waals surface area contributed by atoms with Gasteiger partial charge in [-0.1, -0.05) is 19.1 Å². The zero-order valence-electron chi connectivity index (χ0n) is 11.4. The van der Waals surface area contributed by atoms with Gasteiger partial charge in [-0.2, -0.15) is 13.2 Å². The van der Waals surface area contributed by atoms with Gasteiger partial charge in [-0.3, -0.25) is 0 Å². The molecule has 1 aromatic carbocycles. The van der Waals surface area contributed by atoms with Crippen LogP contribution in [0.5, 0.6) is 0 Å². The smallest absolute Gasteiger partial charge is 0.223 e. The summed E-state index contributed by atoms with van der Waals surface area (Å²) in [4.78, 5) is -0.249. The molecule has 0 fully saturated rings. The third kappa shape index (κ3) is 3.23. The summed E-state index contributed by atoms with van der Waals surface area (Å²) in [5.74, 6) is 0. The molecule has 0 amide bonds. The van der Waals surface area contributed by atoms with E-state index in [-0.39, 0.29) is 16.9 Å². The number of halogens is 3. The maximum atomic E-state index is 13.0. The van der Waals surface area contributed by atoms with Crippen LogP contribution in [0.1, 0.15) is 31.4 Å². The minimum absolute atomic E-state index is 0.138. The topological polar surface area (TPSA) is 34.1 Å². The molecule has 112 valence electrons. The lowest BCUT2D eigenvalue weighted by Crippen LogP contribution is -2.20. The third-order valence-electron chi connectivity index (χ3n) is 3.20. The summed E-state index contributed by atoms with van der Waals surface area (Å²) in [6.07, 6.45) is -3.10. The second kappa shape index (κ2) is 5.99. The third-order valence-corrected chi connectivity index (χ3v) is 5.59. The van der Waals surface area contributed by atoms with Crippen molar-refractivity contribution in [1.29, 1.82) is 0 Å². The molecule has 0 aliphatic carbocycles. The van der Waals surface area contributed by atoms with Crippen molar-refractivity contribution < 1.29 is 21.6 Å². The summed E-state index contributed by atoms with van der Waals surface area (Å²) < 4.78 is 63.7. The number of hydrogen-bond acceptors (Lipinski definition) is 2. The van der Waals surface area contributed by atoms with Gasteiger partial charge in [0.25, 0.3) is 0 Å². The molecule has 0 bridgehead atoms. The first-order valence-electron chi connectivity index (χ1n) is 6.20. The summed E-state index contributed by atoms with van der Waals surface area (Å²) in [7, 11) is -3.77. The number of rotatable bonds is 5. The van der Waals surface area contributed by atoms with Crippen LogP contribution in [-0.2, 0) is 22.4 Å². The quantitative estimate of drug-likeness (QED) is 0.770. The van der Waals surface area contributed by atoms with E-state index in [1.165, 1.54) is 19.1 Å². The van der Waals surface area contributed by atoms with Gasteiger partial charge in [0.15, 0.2) is 9.84 Å². The number of hydrogen-bond donors (Lipinski definition) is 0. The van der Waals surface area contributed by atoms with Crippen molar-refractivity contribution in [1.82, 2.24) is 0 Å². The van der Waals surface area contributed by atoms with Gasteiger partial charge < -0.3 is 0 Å². The molecule has 0 aliphatic rings. The molecular formula is C14H17F3O2S. The van der Waals surface area contributed by atoms with E-state index in [0.29, 0.717) is 6.42 Å². The first-order chi connectivity index (χ1) is 9.16. The molecule has 0 N–H and O–H groups in total. The Morgan fingerprint density at radius 2 is 1.95 bits per heavy atom. The van der Waals surface area contributed by atoms with Gasteiger partial charge in [-0.05, 0) is 37.5 Å². The Labute approximate surface area is 117 Å². The lowest BCUT2D eigenvalue weighted by atomic mass is 10.0. The van der Waals surface area contributed by atoms with Gasteiger partial charge in [0.1, 0.15) is 0 Å². The van der Waals surface area contributed by atoms with Gasteiger partial charge in [0, 0.05) is 0 Å². The van der Waals surface area contributed by atoms with Crippen LogP contribution >= 0.6 is 0 Å². The van der Waals surface area contributed by atoms with E-state index in [1.54, 1.807) is 6.92 Å². The number of benzene rings is 1. The molecule has 0 radical (unpaired) electrons. The van der Waals surface area contributed by atoms with Crippen molar-refractivity contribution in [2.24, 2.45) is 0 Å². The van der Waals surface area contributed by atoms with Crippen LogP contribution in [0.2, 0.25) is 0 Å². The van der Waals surface area contributed by atoms with Crippen LogP contribution < -0.4 is 0 Å². The Morgan fingerprint density at radius 1 is 1.35 bits per heavy atom.